The van der Waals surface area contributed by atoms with E-state index in [4.69, 9.17) is 40.2 Å². The zero-order valence-corrected chi connectivity index (χ0v) is 20.3. The second-order valence-electron chi connectivity index (χ2n) is 7.41. The van der Waals surface area contributed by atoms with Gasteiger partial charge in [-0.05, 0) is 86.2 Å². The van der Waals surface area contributed by atoms with Gasteiger partial charge in [-0.25, -0.2) is 0 Å². The molecule has 1 fully saturated rings. The van der Waals surface area contributed by atoms with Crippen LogP contribution in [0.5, 0.6) is 5.75 Å². The normalized spacial score (nSPS) is 15.2. The second-order valence-corrected chi connectivity index (χ2v) is 8.64. The molecule has 3 aromatic rings. The van der Waals surface area contributed by atoms with E-state index < -0.39 is 11.8 Å². The summed E-state index contributed by atoms with van der Waals surface area (Å²) in [5, 5.41) is 3.65. The van der Waals surface area contributed by atoms with Crippen molar-refractivity contribution in [2.24, 2.45) is 0 Å². The van der Waals surface area contributed by atoms with Crippen LogP contribution in [0.2, 0.25) is 10.0 Å². The highest BCUT2D eigenvalue weighted by Crippen LogP contribution is 2.30. The van der Waals surface area contributed by atoms with Gasteiger partial charge in [0.1, 0.15) is 11.3 Å². The van der Waals surface area contributed by atoms with Gasteiger partial charge in [0.25, 0.3) is 11.8 Å². The number of nitrogens with zero attached hydrogens (tertiary/aromatic N) is 2. The number of carbonyl (C=O) groups is 2. The van der Waals surface area contributed by atoms with Gasteiger partial charge in [0, 0.05) is 16.4 Å². The molecule has 6 nitrogen and oxygen atoms in total. The second kappa shape index (κ2) is 9.02. The summed E-state index contributed by atoms with van der Waals surface area (Å²) in [5.74, 6) is -0.422. The minimum absolute atomic E-state index is 0.0192. The predicted molar refractivity (Wildman–Crippen MR) is 134 cm³/mol. The van der Waals surface area contributed by atoms with Gasteiger partial charge in [0.05, 0.1) is 23.5 Å². The number of nitrogens with one attached hydrogen (secondary N) is 1. The Balaban J connectivity index is 1.75. The lowest BCUT2D eigenvalue weighted by atomic mass is 10.1. The molecule has 33 heavy (non-hydrogen) atoms. The van der Waals surface area contributed by atoms with Crippen LogP contribution in [-0.2, 0) is 9.59 Å². The predicted octanol–water partition coefficient (Wildman–Crippen LogP) is 5.24. The standard InChI is InChI=1S/C24H19Cl2N3O3S/c1-13-10-15(14(2)28(13)21-9-4-16(25)12-20(21)26)11-19-22(30)27-24(33)29(23(19)31)17-5-7-18(32-3)8-6-17/h4-12H,1-3H3,(H,27,30,33)/b19-11+. The van der Waals surface area contributed by atoms with Crippen molar-refractivity contribution < 1.29 is 14.3 Å². The third kappa shape index (κ3) is 4.27. The van der Waals surface area contributed by atoms with Gasteiger partial charge in [-0.3, -0.25) is 19.8 Å². The van der Waals surface area contributed by atoms with Gasteiger partial charge in [-0.15, -0.1) is 0 Å². The quantitative estimate of drug-likeness (QED) is 0.302. The number of ether oxygens (including phenoxy) is 1. The smallest absolute Gasteiger partial charge is 0.270 e. The van der Waals surface area contributed by atoms with E-state index in [1.54, 1.807) is 49.6 Å². The van der Waals surface area contributed by atoms with Crippen LogP contribution in [0.4, 0.5) is 5.69 Å². The molecule has 1 aromatic heterocycles. The molecule has 2 heterocycles. The number of hydrogen-bond acceptors (Lipinski definition) is 4. The molecule has 1 aliphatic rings. The molecule has 2 amide bonds. The van der Waals surface area contributed by atoms with E-state index in [9.17, 15) is 9.59 Å². The van der Waals surface area contributed by atoms with Crippen molar-refractivity contribution >= 4 is 64.1 Å². The Morgan fingerprint density at radius 2 is 1.73 bits per heavy atom. The zero-order chi connectivity index (χ0) is 23.9. The van der Waals surface area contributed by atoms with Crippen molar-refractivity contribution in [2.45, 2.75) is 13.8 Å². The van der Waals surface area contributed by atoms with E-state index in [1.807, 2.05) is 30.5 Å². The Labute approximate surface area is 206 Å². The van der Waals surface area contributed by atoms with Gasteiger partial charge < -0.3 is 9.30 Å². The molecule has 1 saturated heterocycles. The highest BCUT2D eigenvalue weighted by Gasteiger charge is 2.34. The number of aryl methyl sites for hydroxylation is 1. The number of amides is 2. The van der Waals surface area contributed by atoms with Crippen LogP contribution >= 0.6 is 35.4 Å². The molecule has 0 atom stereocenters. The number of methoxy groups -OCH3 is 1. The molecule has 9 heteroatoms. The highest BCUT2D eigenvalue weighted by atomic mass is 35.5. The van der Waals surface area contributed by atoms with Gasteiger partial charge in [0.2, 0.25) is 0 Å². The Hall–Kier alpha value is -3.13. The van der Waals surface area contributed by atoms with E-state index in [0.717, 1.165) is 17.1 Å². The third-order valence-electron chi connectivity index (χ3n) is 5.35. The SMILES string of the molecule is COc1ccc(N2C(=O)/C(=C/c3cc(C)n(-c4ccc(Cl)cc4Cl)c3C)C(=O)NC2=S)cc1. The minimum Gasteiger partial charge on any atom is -0.497 e. The number of aromatic nitrogens is 1. The number of thiocarbonyl (C=S) groups is 1. The van der Waals surface area contributed by atoms with Crippen LogP contribution in [0.25, 0.3) is 11.8 Å². The summed E-state index contributed by atoms with van der Waals surface area (Å²) in [6.45, 7) is 3.81. The summed E-state index contributed by atoms with van der Waals surface area (Å²) in [4.78, 5) is 27.3. The average molecular weight is 500 g/mol. The monoisotopic (exact) mass is 499 g/mol. The number of benzene rings is 2. The van der Waals surface area contributed by atoms with Gasteiger partial charge in [-0.2, -0.15) is 0 Å². The lowest BCUT2D eigenvalue weighted by Crippen LogP contribution is -2.54. The molecule has 0 unspecified atom stereocenters. The molecule has 0 aliphatic carbocycles. The maximum atomic E-state index is 13.3. The topological polar surface area (TPSA) is 63.6 Å². The van der Waals surface area contributed by atoms with Crippen LogP contribution in [0.3, 0.4) is 0 Å². The van der Waals surface area contributed by atoms with E-state index in [1.165, 1.54) is 4.90 Å². The Kier molecular flexibility index (Phi) is 6.30. The molecule has 4 rings (SSSR count). The van der Waals surface area contributed by atoms with Crippen LogP contribution in [-0.4, -0.2) is 28.6 Å². The molecule has 0 saturated carbocycles. The Morgan fingerprint density at radius 3 is 2.36 bits per heavy atom. The van der Waals surface area contributed by atoms with Crippen molar-refractivity contribution in [3.05, 3.63) is 81.1 Å². The fourth-order valence-electron chi connectivity index (χ4n) is 3.75. The van der Waals surface area contributed by atoms with Gasteiger partial charge in [0.15, 0.2) is 5.11 Å². The highest BCUT2D eigenvalue weighted by molar-refractivity contribution is 7.80. The summed E-state index contributed by atoms with van der Waals surface area (Å²) in [7, 11) is 1.56. The van der Waals surface area contributed by atoms with E-state index >= 15 is 0 Å². The fraction of sp³-hybridized carbons (Fsp3) is 0.125. The van der Waals surface area contributed by atoms with Crippen molar-refractivity contribution in [1.29, 1.82) is 0 Å². The average Bonchev–Trinajstić information content (AvgIpc) is 3.04. The van der Waals surface area contributed by atoms with Gasteiger partial charge >= 0.3 is 0 Å². The molecule has 1 N–H and O–H groups in total. The summed E-state index contributed by atoms with van der Waals surface area (Å²) >= 11 is 17.7. The largest absolute Gasteiger partial charge is 0.497 e. The third-order valence-corrected chi connectivity index (χ3v) is 6.18. The zero-order valence-electron chi connectivity index (χ0n) is 18.0. The number of carbonyl (C=O) groups excluding carboxylic acids is 2. The molecular weight excluding hydrogens is 481 g/mol. The number of rotatable bonds is 4. The summed E-state index contributed by atoms with van der Waals surface area (Å²) in [5.41, 5.74) is 3.65. The molecule has 0 spiro atoms. The first kappa shape index (κ1) is 23.0. The van der Waals surface area contributed by atoms with Crippen molar-refractivity contribution in [1.82, 2.24) is 9.88 Å². The van der Waals surface area contributed by atoms with Gasteiger partial charge in [-0.1, -0.05) is 23.2 Å². The lowest BCUT2D eigenvalue weighted by Gasteiger charge is -2.29. The molecule has 2 aromatic carbocycles. The molecule has 168 valence electrons. The Morgan fingerprint density at radius 1 is 1.03 bits per heavy atom. The van der Waals surface area contributed by atoms with Crippen LogP contribution < -0.4 is 15.0 Å². The van der Waals surface area contributed by atoms with Crippen molar-refractivity contribution in [3.63, 3.8) is 0 Å². The molecule has 0 radical (unpaired) electrons. The van der Waals surface area contributed by atoms with Crippen LogP contribution in [0, 0.1) is 13.8 Å². The minimum atomic E-state index is -0.552. The summed E-state index contributed by atoms with van der Waals surface area (Å²) in [6.07, 6.45) is 1.57. The van der Waals surface area contributed by atoms with Crippen LogP contribution in [0.15, 0.2) is 54.1 Å². The number of anilines is 1. The lowest BCUT2D eigenvalue weighted by molar-refractivity contribution is -0.122. The van der Waals surface area contributed by atoms with E-state index in [-0.39, 0.29) is 10.7 Å². The van der Waals surface area contributed by atoms with E-state index in [2.05, 4.69) is 5.32 Å². The summed E-state index contributed by atoms with van der Waals surface area (Å²) in [6, 6.07) is 14.0. The van der Waals surface area contributed by atoms with E-state index in [0.29, 0.717) is 27.0 Å². The van der Waals surface area contributed by atoms with Crippen LogP contribution in [0.1, 0.15) is 17.0 Å². The molecule has 0 bridgehead atoms. The fourth-order valence-corrected chi connectivity index (χ4v) is 4.52. The Bertz CT molecular complexity index is 1330. The van der Waals surface area contributed by atoms with Crippen molar-refractivity contribution in [2.75, 3.05) is 12.0 Å². The number of hydrogen-bond donors (Lipinski definition) is 1. The maximum Gasteiger partial charge on any atom is 0.270 e. The summed E-state index contributed by atoms with van der Waals surface area (Å²) < 4.78 is 7.12. The maximum absolute atomic E-state index is 13.3. The number of halogens is 2. The first-order valence-corrected chi connectivity index (χ1v) is 11.1. The first-order chi connectivity index (χ1) is 15.7. The van der Waals surface area contributed by atoms with Crippen molar-refractivity contribution in [3.8, 4) is 11.4 Å². The molecule has 1 aliphatic heterocycles. The first-order valence-electron chi connectivity index (χ1n) is 9.91. The molecular formula is C24H19Cl2N3O3S.